The van der Waals surface area contributed by atoms with Crippen LogP contribution >= 0.6 is 23.2 Å². The second-order valence-electron chi connectivity index (χ2n) is 7.09. The minimum absolute atomic E-state index is 0.114. The zero-order chi connectivity index (χ0) is 23.5. The molecule has 2 aromatic carbocycles. The van der Waals surface area contributed by atoms with Crippen molar-refractivity contribution in [2.24, 2.45) is 0 Å². The molecule has 3 rings (SSSR count). The van der Waals surface area contributed by atoms with E-state index in [1.165, 1.54) is 26.2 Å². The number of carbonyl (C=O) groups excluding carboxylic acids is 3. The number of rotatable bonds is 6. The molecule has 2 N–H and O–H groups in total. The van der Waals surface area contributed by atoms with Crippen LogP contribution in [0, 0.1) is 0 Å². The van der Waals surface area contributed by atoms with Crippen LogP contribution in [0.25, 0.3) is 0 Å². The van der Waals surface area contributed by atoms with Gasteiger partial charge in [-0.2, -0.15) is 0 Å². The monoisotopic (exact) mass is 476 g/mol. The Labute approximate surface area is 195 Å². The lowest BCUT2D eigenvalue weighted by atomic mass is 9.76. The first kappa shape index (κ1) is 23.6. The van der Waals surface area contributed by atoms with Crippen LogP contribution in [0.4, 0.5) is 11.4 Å². The van der Waals surface area contributed by atoms with Crippen molar-refractivity contribution in [3.8, 4) is 0 Å². The average molecular weight is 477 g/mol. The number of nitrogens with one attached hydrogen (secondary N) is 2. The van der Waals surface area contributed by atoms with E-state index in [9.17, 15) is 14.4 Å². The molecule has 1 aliphatic heterocycles. The van der Waals surface area contributed by atoms with E-state index in [0.29, 0.717) is 32.5 Å². The smallest absolute Gasteiger partial charge is 0.337 e. The zero-order valence-corrected chi connectivity index (χ0v) is 19.2. The Bertz CT molecular complexity index is 1100. The molecule has 0 fully saturated rings. The van der Waals surface area contributed by atoms with Gasteiger partial charge in [0.05, 0.1) is 13.7 Å². The molecule has 0 saturated heterocycles. The van der Waals surface area contributed by atoms with E-state index in [4.69, 9.17) is 32.7 Å². The molecule has 1 amide bonds. The summed E-state index contributed by atoms with van der Waals surface area (Å²) in [7, 11) is 1.25. The van der Waals surface area contributed by atoms with Crippen LogP contribution in [0.2, 0.25) is 10.0 Å². The van der Waals surface area contributed by atoms with Crippen LogP contribution < -0.4 is 10.6 Å². The number of carbonyl (C=O) groups is 3. The zero-order valence-electron chi connectivity index (χ0n) is 17.7. The first-order valence-corrected chi connectivity index (χ1v) is 10.6. The lowest BCUT2D eigenvalue weighted by molar-refractivity contribution is -0.149. The molecule has 0 aromatic heterocycles. The fourth-order valence-electron chi connectivity index (χ4n) is 3.89. The summed E-state index contributed by atoms with van der Waals surface area (Å²) in [6.07, 6.45) is 2.76. The lowest BCUT2D eigenvalue weighted by Gasteiger charge is -2.34. The lowest BCUT2D eigenvalue weighted by Crippen LogP contribution is -2.46. The average Bonchev–Trinajstić information content (AvgIpc) is 3.07. The normalized spacial score (nSPS) is 19.2. The summed E-state index contributed by atoms with van der Waals surface area (Å²) in [5.74, 6) is -2.30. The number of esters is 2. The fourth-order valence-corrected chi connectivity index (χ4v) is 4.50. The van der Waals surface area contributed by atoms with Crippen molar-refractivity contribution >= 4 is 52.4 Å². The first-order valence-electron chi connectivity index (χ1n) is 9.82. The van der Waals surface area contributed by atoms with Gasteiger partial charge in [-0.1, -0.05) is 47.5 Å². The van der Waals surface area contributed by atoms with Gasteiger partial charge < -0.3 is 20.1 Å². The van der Waals surface area contributed by atoms with E-state index < -0.39 is 23.4 Å². The Hall–Kier alpha value is -3.03. The highest BCUT2D eigenvalue weighted by Gasteiger charge is 2.55. The third kappa shape index (κ3) is 4.31. The van der Waals surface area contributed by atoms with E-state index in [1.807, 2.05) is 0 Å². The second-order valence-corrected chi connectivity index (χ2v) is 7.93. The van der Waals surface area contributed by atoms with Gasteiger partial charge in [0.25, 0.3) is 0 Å². The maximum atomic E-state index is 13.6. The molecule has 2 unspecified atom stereocenters. The van der Waals surface area contributed by atoms with E-state index in [-0.39, 0.29) is 12.5 Å². The highest BCUT2D eigenvalue weighted by Crippen LogP contribution is 2.54. The summed E-state index contributed by atoms with van der Waals surface area (Å²) < 4.78 is 10.2. The van der Waals surface area contributed by atoms with Crippen LogP contribution in [0.15, 0.2) is 48.6 Å². The van der Waals surface area contributed by atoms with Crippen molar-refractivity contribution in [3.63, 3.8) is 0 Å². The van der Waals surface area contributed by atoms with Gasteiger partial charge in [0.2, 0.25) is 5.91 Å². The predicted octanol–water partition coefficient (Wildman–Crippen LogP) is 4.65. The van der Waals surface area contributed by atoms with Gasteiger partial charge in [-0.05, 0) is 25.1 Å². The Balaban J connectivity index is 2.34. The van der Waals surface area contributed by atoms with Gasteiger partial charge in [0, 0.05) is 51.5 Å². The number of hydrogen-bond donors (Lipinski definition) is 2. The molecule has 0 spiro atoms. The molecule has 32 heavy (non-hydrogen) atoms. The van der Waals surface area contributed by atoms with Crippen LogP contribution in [-0.4, -0.2) is 31.6 Å². The Kier molecular flexibility index (Phi) is 7.11. The molecule has 168 valence electrons. The SMILES string of the molecule is CCOC(=O)C1(c2ccccc2NC(C)=O)Nc2cc(Cl)cc(Cl)c2C1C=CC(=O)OC. The number of para-hydroxylation sites is 1. The van der Waals surface area contributed by atoms with Gasteiger partial charge in [-0.15, -0.1) is 0 Å². The number of benzene rings is 2. The van der Waals surface area contributed by atoms with Gasteiger partial charge >= 0.3 is 11.9 Å². The minimum Gasteiger partial charge on any atom is -0.466 e. The molecule has 2 aromatic rings. The number of methoxy groups -OCH3 is 1. The van der Waals surface area contributed by atoms with Gasteiger partial charge in [-0.25, -0.2) is 9.59 Å². The summed E-state index contributed by atoms with van der Waals surface area (Å²) in [4.78, 5) is 37.4. The molecule has 0 saturated carbocycles. The topological polar surface area (TPSA) is 93.7 Å². The number of anilines is 2. The second kappa shape index (κ2) is 9.63. The van der Waals surface area contributed by atoms with Crippen molar-refractivity contribution in [2.75, 3.05) is 24.4 Å². The van der Waals surface area contributed by atoms with Crippen molar-refractivity contribution in [3.05, 3.63) is 69.7 Å². The van der Waals surface area contributed by atoms with Gasteiger partial charge in [0.15, 0.2) is 5.54 Å². The summed E-state index contributed by atoms with van der Waals surface area (Å²) in [6.45, 7) is 3.18. The van der Waals surface area contributed by atoms with Crippen LogP contribution in [0.3, 0.4) is 0 Å². The third-order valence-electron chi connectivity index (χ3n) is 5.09. The van der Waals surface area contributed by atoms with Crippen molar-refractivity contribution in [2.45, 2.75) is 25.3 Å². The number of fused-ring (bicyclic) bond motifs is 1. The minimum atomic E-state index is -1.55. The molecule has 1 heterocycles. The molecular formula is C23H22Cl2N2O5. The summed E-state index contributed by atoms with van der Waals surface area (Å²) in [6, 6.07) is 10.1. The van der Waals surface area contributed by atoms with Gasteiger partial charge in [-0.3, -0.25) is 4.79 Å². The number of amides is 1. The summed E-state index contributed by atoms with van der Waals surface area (Å²) >= 11 is 12.8. The molecule has 0 bridgehead atoms. The molecule has 1 aliphatic rings. The van der Waals surface area contributed by atoms with Crippen molar-refractivity contribution < 1.29 is 23.9 Å². The highest BCUT2D eigenvalue weighted by molar-refractivity contribution is 6.36. The molecule has 9 heteroatoms. The van der Waals surface area contributed by atoms with Gasteiger partial charge in [0.1, 0.15) is 0 Å². The van der Waals surface area contributed by atoms with Crippen molar-refractivity contribution in [1.82, 2.24) is 0 Å². The first-order chi connectivity index (χ1) is 15.2. The third-order valence-corrected chi connectivity index (χ3v) is 5.62. The predicted molar refractivity (Wildman–Crippen MR) is 123 cm³/mol. The quantitative estimate of drug-likeness (QED) is 0.465. The fraction of sp³-hybridized carbons (Fsp3) is 0.261. The van der Waals surface area contributed by atoms with Crippen LogP contribution in [0.1, 0.15) is 30.9 Å². The largest absolute Gasteiger partial charge is 0.466 e. The number of ether oxygens (including phenoxy) is 2. The standard InChI is InChI=1S/C23H22Cl2N2O5/c1-4-32-22(30)23(15-7-5-6-8-18(15)26-13(2)28)16(9-10-20(29)31-3)21-17(25)11-14(24)12-19(21)27-23/h5-12,16,27H,4H2,1-3H3,(H,26,28). The molecule has 2 atom stereocenters. The maximum Gasteiger partial charge on any atom is 0.337 e. The van der Waals surface area contributed by atoms with Crippen molar-refractivity contribution in [1.29, 1.82) is 0 Å². The molecule has 0 aliphatic carbocycles. The number of hydrogen-bond acceptors (Lipinski definition) is 6. The van der Waals surface area contributed by atoms with E-state index in [1.54, 1.807) is 43.3 Å². The Morgan fingerprint density at radius 2 is 1.94 bits per heavy atom. The van der Waals surface area contributed by atoms with E-state index in [0.717, 1.165) is 0 Å². The highest BCUT2D eigenvalue weighted by atomic mass is 35.5. The molecular weight excluding hydrogens is 455 g/mol. The van der Waals surface area contributed by atoms with Crippen LogP contribution in [-0.2, 0) is 29.4 Å². The van der Waals surface area contributed by atoms with Crippen LogP contribution in [0.5, 0.6) is 0 Å². The number of halogens is 2. The molecule has 7 nitrogen and oxygen atoms in total. The molecule has 0 radical (unpaired) electrons. The van der Waals surface area contributed by atoms with E-state index in [2.05, 4.69) is 10.6 Å². The Morgan fingerprint density at radius 1 is 1.22 bits per heavy atom. The van der Waals surface area contributed by atoms with E-state index >= 15 is 0 Å². The Morgan fingerprint density at radius 3 is 2.59 bits per heavy atom. The summed E-state index contributed by atoms with van der Waals surface area (Å²) in [5.41, 5.74) is 0.370. The summed E-state index contributed by atoms with van der Waals surface area (Å²) in [5, 5.41) is 6.67. The maximum absolute atomic E-state index is 13.6.